The number of aromatic amines is 1. The predicted molar refractivity (Wildman–Crippen MR) is 101 cm³/mol. The smallest absolute Gasteiger partial charge is 0.390 e. The first-order valence-electron chi connectivity index (χ1n) is 9.41. The van der Waals surface area contributed by atoms with E-state index in [0.717, 1.165) is 31.4 Å². The van der Waals surface area contributed by atoms with Gasteiger partial charge < -0.3 is 15.0 Å². The van der Waals surface area contributed by atoms with E-state index in [0.29, 0.717) is 35.8 Å². The summed E-state index contributed by atoms with van der Waals surface area (Å²) in [5.41, 5.74) is 0.321. The molecular formula is C21H25F3N2O2. The molecule has 4 nitrogen and oxygen atoms in total. The number of H-pyrrole nitrogens is 1. The lowest BCUT2D eigenvalue weighted by molar-refractivity contribution is -0.137. The first-order valence-corrected chi connectivity index (χ1v) is 9.41. The normalized spacial score (nSPS) is 16.4. The summed E-state index contributed by atoms with van der Waals surface area (Å²) in [7, 11) is 0. The number of nitrogens with one attached hydrogen (secondary N) is 1. The lowest BCUT2D eigenvalue weighted by atomic mass is 9.86. The van der Waals surface area contributed by atoms with Crippen LogP contribution in [-0.2, 0) is 6.18 Å². The molecule has 0 spiro atoms. The highest BCUT2D eigenvalue weighted by molar-refractivity contribution is 5.94. The van der Waals surface area contributed by atoms with Crippen molar-refractivity contribution in [2.45, 2.75) is 44.9 Å². The number of aliphatic hydroxyl groups is 1. The van der Waals surface area contributed by atoms with Crippen LogP contribution in [0.3, 0.4) is 0 Å². The third-order valence-electron chi connectivity index (χ3n) is 5.15. The van der Waals surface area contributed by atoms with Crippen LogP contribution in [0.4, 0.5) is 13.2 Å². The first-order chi connectivity index (χ1) is 13.0. The van der Waals surface area contributed by atoms with Crippen LogP contribution in [0, 0.1) is 5.92 Å². The molecule has 0 saturated carbocycles. The Morgan fingerprint density at radius 2 is 1.75 bits per heavy atom. The standard InChI is InChI=1S/C21H25F3N2O2/c1-20(2,28)12-14-7-9-26(10-8-14)19(27)18-11-16(13-25-18)15-3-5-17(6-4-15)21(22,23)24/h3-6,11,13-14,25,28H,7-10,12H2,1-2H3. The van der Waals surface area contributed by atoms with Crippen molar-refractivity contribution >= 4 is 5.91 Å². The number of rotatable bonds is 4. The molecule has 0 unspecified atom stereocenters. The van der Waals surface area contributed by atoms with Crippen LogP contribution in [0.2, 0.25) is 0 Å². The largest absolute Gasteiger partial charge is 0.416 e. The maximum atomic E-state index is 12.7. The molecule has 0 radical (unpaired) electrons. The van der Waals surface area contributed by atoms with Crippen molar-refractivity contribution in [2.24, 2.45) is 5.92 Å². The fourth-order valence-electron chi connectivity index (χ4n) is 3.75. The number of hydrogen-bond donors (Lipinski definition) is 2. The molecule has 1 fully saturated rings. The van der Waals surface area contributed by atoms with Crippen LogP contribution in [0.15, 0.2) is 36.5 Å². The maximum Gasteiger partial charge on any atom is 0.416 e. The SMILES string of the molecule is CC(C)(O)CC1CCN(C(=O)c2cc(-c3ccc(C(F)(F)F)cc3)c[nH]2)CC1. The number of nitrogens with zero attached hydrogens (tertiary/aromatic N) is 1. The Morgan fingerprint density at radius 3 is 2.29 bits per heavy atom. The Balaban J connectivity index is 1.63. The third kappa shape index (κ3) is 4.95. The predicted octanol–water partition coefficient (Wildman–Crippen LogP) is 4.71. The number of amides is 1. The lowest BCUT2D eigenvalue weighted by Gasteiger charge is -2.34. The van der Waals surface area contributed by atoms with Gasteiger partial charge in [-0.3, -0.25) is 4.79 Å². The van der Waals surface area contributed by atoms with Gasteiger partial charge in [0.1, 0.15) is 5.69 Å². The van der Waals surface area contributed by atoms with Gasteiger partial charge in [0.05, 0.1) is 11.2 Å². The molecule has 7 heteroatoms. The van der Waals surface area contributed by atoms with E-state index in [9.17, 15) is 23.1 Å². The van der Waals surface area contributed by atoms with E-state index < -0.39 is 17.3 Å². The molecule has 1 aromatic carbocycles. The molecule has 1 aromatic heterocycles. The summed E-state index contributed by atoms with van der Waals surface area (Å²) in [5, 5.41) is 9.95. The van der Waals surface area contributed by atoms with Crippen molar-refractivity contribution in [2.75, 3.05) is 13.1 Å². The van der Waals surface area contributed by atoms with E-state index in [1.165, 1.54) is 12.1 Å². The number of benzene rings is 1. The second kappa shape index (κ2) is 7.62. The summed E-state index contributed by atoms with van der Waals surface area (Å²) in [5.74, 6) is 0.287. The van der Waals surface area contributed by atoms with Gasteiger partial charge in [0.2, 0.25) is 0 Å². The van der Waals surface area contributed by atoms with E-state index in [2.05, 4.69) is 4.98 Å². The molecule has 0 atom stereocenters. The van der Waals surface area contributed by atoms with Crippen LogP contribution in [-0.4, -0.2) is 39.6 Å². The molecule has 0 aliphatic carbocycles. The van der Waals surface area contributed by atoms with E-state index in [-0.39, 0.29) is 5.91 Å². The zero-order chi connectivity index (χ0) is 20.5. The molecule has 1 aliphatic rings. The Labute approximate surface area is 162 Å². The second-order valence-electron chi connectivity index (χ2n) is 8.13. The number of hydrogen-bond acceptors (Lipinski definition) is 2. The Morgan fingerprint density at radius 1 is 1.14 bits per heavy atom. The molecule has 28 heavy (non-hydrogen) atoms. The van der Waals surface area contributed by atoms with Crippen LogP contribution in [0.25, 0.3) is 11.1 Å². The number of piperidine rings is 1. The number of likely N-dealkylation sites (tertiary alicyclic amines) is 1. The summed E-state index contributed by atoms with van der Waals surface area (Å²) >= 11 is 0. The van der Waals surface area contributed by atoms with Crippen LogP contribution in [0.1, 0.15) is 49.2 Å². The quantitative estimate of drug-likeness (QED) is 0.789. The zero-order valence-corrected chi connectivity index (χ0v) is 16.0. The molecule has 1 amide bonds. The average molecular weight is 394 g/mol. The molecule has 2 aromatic rings. The molecule has 1 aliphatic heterocycles. The van der Waals surface area contributed by atoms with Gasteiger partial charge >= 0.3 is 6.18 Å². The summed E-state index contributed by atoms with van der Waals surface area (Å²) < 4.78 is 38.1. The van der Waals surface area contributed by atoms with Crippen LogP contribution in [0.5, 0.6) is 0 Å². The molecule has 1 saturated heterocycles. The molecule has 2 heterocycles. The van der Waals surface area contributed by atoms with Crippen molar-refractivity contribution in [1.29, 1.82) is 0 Å². The van der Waals surface area contributed by atoms with Crippen LogP contribution < -0.4 is 0 Å². The lowest BCUT2D eigenvalue weighted by Crippen LogP contribution is -2.40. The van der Waals surface area contributed by atoms with E-state index in [4.69, 9.17) is 0 Å². The van der Waals surface area contributed by atoms with Crippen molar-refractivity contribution in [3.8, 4) is 11.1 Å². The number of carbonyl (C=O) groups is 1. The van der Waals surface area contributed by atoms with Gasteiger partial charge in [-0.25, -0.2) is 0 Å². The first kappa shape index (κ1) is 20.5. The summed E-state index contributed by atoms with van der Waals surface area (Å²) in [6.07, 6.45) is -0.313. The Bertz CT molecular complexity index is 811. The maximum absolute atomic E-state index is 12.7. The summed E-state index contributed by atoms with van der Waals surface area (Å²) in [6, 6.07) is 6.56. The minimum atomic E-state index is -4.37. The van der Waals surface area contributed by atoms with Crippen LogP contribution >= 0.6 is 0 Å². The van der Waals surface area contributed by atoms with Gasteiger partial charge in [0, 0.05) is 19.3 Å². The summed E-state index contributed by atoms with van der Waals surface area (Å²) in [6.45, 7) is 4.86. The number of aromatic nitrogens is 1. The molecule has 152 valence electrons. The Hall–Kier alpha value is -2.28. The minimum Gasteiger partial charge on any atom is -0.390 e. The molecule has 2 N–H and O–H groups in total. The topological polar surface area (TPSA) is 56.3 Å². The fraction of sp³-hybridized carbons (Fsp3) is 0.476. The minimum absolute atomic E-state index is 0.111. The summed E-state index contributed by atoms with van der Waals surface area (Å²) in [4.78, 5) is 17.4. The molecule has 0 bridgehead atoms. The van der Waals surface area contributed by atoms with Gasteiger partial charge in [-0.2, -0.15) is 13.2 Å². The van der Waals surface area contributed by atoms with Crippen molar-refractivity contribution < 1.29 is 23.1 Å². The van der Waals surface area contributed by atoms with Gasteiger partial charge in [-0.05, 0) is 68.4 Å². The van der Waals surface area contributed by atoms with E-state index in [1.807, 2.05) is 0 Å². The number of carbonyl (C=O) groups excluding carboxylic acids is 1. The van der Waals surface area contributed by atoms with Gasteiger partial charge in [-0.15, -0.1) is 0 Å². The fourth-order valence-corrected chi connectivity index (χ4v) is 3.75. The van der Waals surface area contributed by atoms with Crippen molar-refractivity contribution in [1.82, 2.24) is 9.88 Å². The molecular weight excluding hydrogens is 369 g/mol. The van der Waals surface area contributed by atoms with Crippen molar-refractivity contribution in [3.05, 3.63) is 47.8 Å². The third-order valence-corrected chi connectivity index (χ3v) is 5.15. The van der Waals surface area contributed by atoms with E-state index in [1.54, 1.807) is 31.0 Å². The van der Waals surface area contributed by atoms with Gasteiger partial charge in [0.25, 0.3) is 5.91 Å². The number of alkyl halides is 3. The highest BCUT2D eigenvalue weighted by Gasteiger charge is 2.30. The monoisotopic (exact) mass is 394 g/mol. The average Bonchev–Trinajstić information content (AvgIpc) is 3.10. The Kier molecular flexibility index (Phi) is 5.57. The van der Waals surface area contributed by atoms with E-state index >= 15 is 0 Å². The highest BCUT2D eigenvalue weighted by Crippen LogP contribution is 2.31. The zero-order valence-electron chi connectivity index (χ0n) is 16.0. The second-order valence-corrected chi connectivity index (χ2v) is 8.13. The van der Waals surface area contributed by atoms with Gasteiger partial charge in [-0.1, -0.05) is 12.1 Å². The number of halogens is 3. The molecule has 3 rings (SSSR count). The van der Waals surface area contributed by atoms with Gasteiger partial charge in [0.15, 0.2) is 0 Å². The van der Waals surface area contributed by atoms with Crippen molar-refractivity contribution in [3.63, 3.8) is 0 Å². The highest BCUT2D eigenvalue weighted by atomic mass is 19.4.